The molecule has 2 atom stereocenters. The molecule has 1 aromatic heterocycles. The second kappa shape index (κ2) is 8.58. The third-order valence-corrected chi connectivity index (χ3v) is 5.60. The molecule has 7 heteroatoms. The standard InChI is InChI=1S/C19H26BrN3O3/c1-11(10-23-14(4)18(20)13(3)22-23)19(24)21-12(2)16-9-15(25-5)7-8-17(16)26-6/h7-9,11-12H,10H2,1-6H3,(H,21,24). The quantitative estimate of drug-likeness (QED) is 0.735. The van der Waals surface area contributed by atoms with Gasteiger partial charge in [0.15, 0.2) is 0 Å². The maximum atomic E-state index is 12.7. The first-order valence-corrected chi connectivity index (χ1v) is 9.29. The molecule has 1 amide bonds. The Morgan fingerprint density at radius 3 is 2.50 bits per heavy atom. The highest BCUT2D eigenvalue weighted by Crippen LogP contribution is 2.29. The van der Waals surface area contributed by atoms with Gasteiger partial charge in [-0.25, -0.2) is 0 Å². The van der Waals surface area contributed by atoms with Gasteiger partial charge in [0.25, 0.3) is 0 Å². The van der Waals surface area contributed by atoms with E-state index in [9.17, 15) is 4.79 Å². The van der Waals surface area contributed by atoms with Crippen LogP contribution in [0, 0.1) is 19.8 Å². The highest BCUT2D eigenvalue weighted by atomic mass is 79.9. The van der Waals surface area contributed by atoms with Crippen LogP contribution in [0.25, 0.3) is 0 Å². The van der Waals surface area contributed by atoms with E-state index < -0.39 is 0 Å². The van der Waals surface area contributed by atoms with Gasteiger partial charge in [0, 0.05) is 11.3 Å². The van der Waals surface area contributed by atoms with Gasteiger partial charge in [-0.3, -0.25) is 9.48 Å². The number of nitrogens with one attached hydrogen (secondary N) is 1. The van der Waals surface area contributed by atoms with E-state index in [-0.39, 0.29) is 17.9 Å². The van der Waals surface area contributed by atoms with Crippen LogP contribution in [0.3, 0.4) is 0 Å². The van der Waals surface area contributed by atoms with Crippen molar-refractivity contribution in [2.24, 2.45) is 5.92 Å². The van der Waals surface area contributed by atoms with Gasteiger partial charge in [0.1, 0.15) is 11.5 Å². The lowest BCUT2D eigenvalue weighted by molar-refractivity contribution is -0.125. The number of ether oxygens (including phenoxy) is 2. The monoisotopic (exact) mass is 423 g/mol. The van der Waals surface area contributed by atoms with Gasteiger partial charge in [-0.2, -0.15) is 5.10 Å². The van der Waals surface area contributed by atoms with Gasteiger partial charge >= 0.3 is 0 Å². The average molecular weight is 424 g/mol. The predicted octanol–water partition coefficient (Wildman–Crippen LogP) is 3.79. The Labute approximate surface area is 163 Å². The fraction of sp³-hybridized carbons (Fsp3) is 0.474. The summed E-state index contributed by atoms with van der Waals surface area (Å²) in [6.07, 6.45) is 0. The highest BCUT2D eigenvalue weighted by Gasteiger charge is 2.21. The maximum Gasteiger partial charge on any atom is 0.225 e. The Kier molecular flexibility index (Phi) is 6.69. The summed E-state index contributed by atoms with van der Waals surface area (Å²) < 4.78 is 13.5. The third kappa shape index (κ3) is 4.38. The number of methoxy groups -OCH3 is 2. The molecule has 1 N–H and O–H groups in total. The van der Waals surface area contributed by atoms with Crippen LogP contribution < -0.4 is 14.8 Å². The van der Waals surface area contributed by atoms with Gasteiger partial charge in [-0.15, -0.1) is 0 Å². The van der Waals surface area contributed by atoms with Crippen LogP contribution in [0.4, 0.5) is 0 Å². The summed E-state index contributed by atoms with van der Waals surface area (Å²) in [6.45, 7) is 8.27. The smallest absolute Gasteiger partial charge is 0.225 e. The summed E-state index contributed by atoms with van der Waals surface area (Å²) >= 11 is 3.52. The Bertz CT molecular complexity index is 789. The zero-order chi connectivity index (χ0) is 19.4. The Morgan fingerprint density at radius 2 is 1.96 bits per heavy atom. The van der Waals surface area contributed by atoms with Crippen molar-refractivity contribution in [3.63, 3.8) is 0 Å². The number of hydrogen-bond acceptors (Lipinski definition) is 4. The molecule has 0 aliphatic carbocycles. The summed E-state index contributed by atoms with van der Waals surface area (Å²) in [5.74, 6) is 1.18. The molecule has 0 saturated heterocycles. The first-order valence-electron chi connectivity index (χ1n) is 8.50. The minimum Gasteiger partial charge on any atom is -0.497 e. The lowest BCUT2D eigenvalue weighted by Gasteiger charge is -2.20. The van der Waals surface area contributed by atoms with E-state index in [1.807, 2.05) is 50.6 Å². The SMILES string of the molecule is COc1ccc(OC)c(C(C)NC(=O)C(C)Cn2nc(C)c(Br)c2C)c1. The number of nitrogens with zero attached hydrogens (tertiary/aromatic N) is 2. The maximum absolute atomic E-state index is 12.7. The van der Waals surface area contributed by atoms with Crippen LogP contribution in [0.1, 0.15) is 36.8 Å². The van der Waals surface area contributed by atoms with E-state index in [1.54, 1.807) is 14.2 Å². The zero-order valence-electron chi connectivity index (χ0n) is 16.1. The van der Waals surface area contributed by atoms with Crippen molar-refractivity contribution >= 4 is 21.8 Å². The molecule has 26 heavy (non-hydrogen) atoms. The topological polar surface area (TPSA) is 65.4 Å². The van der Waals surface area contributed by atoms with E-state index in [0.717, 1.165) is 27.2 Å². The Morgan fingerprint density at radius 1 is 1.27 bits per heavy atom. The molecule has 0 saturated carbocycles. The summed E-state index contributed by atoms with van der Waals surface area (Å²) in [4.78, 5) is 12.7. The lowest BCUT2D eigenvalue weighted by atomic mass is 10.0. The molecule has 1 heterocycles. The van der Waals surface area contributed by atoms with E-state index >= 15 is 0 Å². The molecule has 1 aromatic carbocycles. The Hall–Kier alpha value is -2.02. The fourth-order valence-electron chi connectivity index (χ4n) is 2.81. The molecule has 0 aliphatic heterocycles. The number of benzene rings is 1. The molecule has 142 valence electrons. The molecular formula is C19H26BrN3O3. The van der Waals surface area contributed by atoms with E-state index in [1.165, 1.54) is 0 Å². The lowest BCUT2D eigenvalue weighted by Crippen LogP contribution is -2.34. The molecule has 2 unspecified atom stereocenters. The minimum atomic E-state index is -0.223. The number of hydrogen-bond donors (Lipinski definition) is 1. The van der Waals surface area contributed by atoms with Gasteiger partial charge < -0.3 is 14.8 Å². The first-order chi connectivity index (χ1) is 12.3. The van der Waals surface area contributed by atoms with E-state index in [4.69, 9.17) is 9.47 Å². The van der Waals surface area contributed by atoms with Gasteiger partial charge in [0.05, 0.1) is 42.9 Å². The summed E-state index contributed by atoms with van der Waals surface area (Å²) in [5.41, 5.74) is 2.82. The van der Waals surface area contributed by atoms with Crippen LogP contribution in [-0.2, 0) is 11.3 Å². The zero-order valence-corrected chi connectivity index (χ0v) is 17.7. The molecule has 0 aliphatic rings. The largest absolute Gasteiger partial charge is 0.497 e. The number of halogens is 1. The van der Waals surface area contributed by atoms with Crippen molar-refractivity contribution in [2.45, 2.75) is 40.3 Å². The van der Waals surface area contributed by atoms with E-state index in [2.05, 4.69) is 26.3 Å². The molecule has 0 fully saturated rings. The van der Waals surface area contributed by atoms with Crippen LogP contribution in [0.2, 0.25) is 0 Å². The van der Waals surface area contributed by atoms with Crippen LogP contribution in [0.5, 0.6) is 11.5 Å². The molecule has 2 aromatic rings. The number of rotatable bonds is 7. The fourth-order valence-corrected chi connectivity index (χ4v) is 3.09. The second-order valence-electron chi connectivity index (χ2n) is 6.41. The van der Waals surface area contributed by atoms with Crippen molar-refractivity contribution < 1.29 is 14.3 Å². The van der Waals surface area contributed by atoms with Crippen molar-refractivity contribution in [2.75, 3.05) is 14.2 Å². The minimum absolute atomic E-state index is 0.0361. The number of carbonyl (C=O) groups excluding carboxylic acids is 1. The highest BCUT2D eigenvalue weighted by molar-refractivity contribution is 9.10. The summed E-state index contributed by atoms with van der Waals surface area (Å²) in [7, 11) is 3.23. The first kappa shape index (κ1) is 20.3. The van der Waals surface area contributed by atoms with Gasteiger partial charge in [-0.05, 0) is 54.9 Å². The van der Waals surface area contributed by atoms with E-state index in [0.29, 0.717) is 12.3 Å². The van der Waals surface area contributed by atoms with Crippen LogP contribution in [-0.4, -0.2) is 29.9 Å². The molecule has 0 bridgehead atoms. The van der Waals surface area contributed by atoms with Crippen LogP contribution >= 0.6 is 15.9 Å². The number of amides is 1. The third-order valence-electron chi connectivity index (χ3n) is 4.45. The number of aryl methyl sites for hydroxylation is 1. The average Bonchev–Trinajstić information content (AvgIpc) is 2.87. The number of carbonyl (C=O) groups is 1. The normalized spacial score (nSPS) is 13.2. The van der Waals surface area contributed by atoms with Crippen molar-refractivity contribution in [3.05, 3.63) is 39.6 Å². The number of aromatic nitrogens is 2. The van der Waals surface area contributed by atoms with Crippen LogP contribution in [0.15, 0.2) is 22.7 Å². The summed E-state index contributed by atoms with van der Waals surface area (Å²) in [5, 5.41) is 7.53. The second-order valence-corrected chi connectivity index (χ2v) is 7.20. The molecule has 0 spiro atoms. The van der Waals surface area contributed by atoms with Crippen molar-refractivity contribution in [1.29, 1.82) is 0 Å². The van der Waals surface area contributed by atoms with Gasteiger partial charge in [0.2, 0.25) is 5.91 Å². The van der Waals surface area contributed by atoms with Crippen molar-refractivity contribution in [3.8, 4) is 11.5 Å². The molecular weight excluding hydrogens is 398 g/mol. The van der Waals surface area contributed by atoms with Gasteiger partial charge in [-0.1, -0.05) is 6.92 Å². The molecule has 0 radical (unpaired) electrons. The molecule has 2 rings (SSSR count). The molecule has 6 nitrogen and oxygen atoms in total. The predicted molar refractivity (Wildman–Crippen MR) is 105 cm³/mol. The summed E-state index contributed by atoms with van der Waals surface area (Å²) in [6, 6.07) is 5.35. The van der Waals surface area contributed by atoms with Crippen molar-refractivity contribution in [1.82, 2.24) is 15.1 Å². The Balaban J connectivity index is 2.09.